The zero-order chi connectivity index (χ0) is 20.6. The molecule has 2 aliphatic rings. The highest BCUT2D eigenvalue weighted by atomic mass is 32.2. The molecule has 2 aromatic carbocycles. The Bertz CT molecular complexity index is 1050. The molecule has 154 valence electrons. The van der Waals surface area contributed by atoms with E-state index in [1.807, 2.05) is 25.1 Å². The molecule has 0 aromatic heterocycles. The first-order valence-electron chi connectivity index (χ1n) is 9.22. The lowest BCUT2D eigenvalue weighted by molar-refractivity contribution is -0.128. The summed E-state index contributed by atoms with van der Waals surface area (Å²) < 4.78 is 42.3. The lowest BCUT2D eigenvalue weighted by Crippen LogP contribution is -2.39. The second-order valence-electron chi connectivity index (χ2n) is 7.11. The minimum Gasteiger partial charge on any atom is -0.478 e. The normalized spacial score (nSPS) is 17.9. The zero-order valence-electron chi connectivity index (χ0n) is 16.2. The molecule has 0 fully saturated rings. The van der Waals surface area contributed by atoms with Gasteiger partial charge in [0.1, 0.15) is 5.75 Å². The van der Waals surface area contributed by atoms with Crippen molar-refractivity contribution in [3.8, 4) is 17.2 Å². The Labute approximate surface area is 169 Å². The molecule has 0 saturated carbocycles. The highest BCUT2D eigenvalue weighted by Gasteiger charge is 2.31. The lowest BCUT2D eigenvalue weighted by atomic mass is 10.2. The highest BCUT2D eigenvalue weighted by molar-refractivity contribution is 7.92. The van der Waals surface area contributed by atoms with E-state index in [9.17, 15) is 13.2 Å². The van der Waals surface area contributed by atoms with Gasteiger partial charge in [-0.05, 0) is 42.3 Å². The summed E-state index contributed by atoms with van der Waals surface area (Å²) in [6.07, 6.45) is 0.602. The minimum atomic E-state index is -3.49. The largest absolute Gasteiger partial charge is 0.478 e. The van der Waals surface area contributed by atoms with Gasteiger partial charge < -0.3 is 19.5 Å². The second-order valence-corrected chi connectivity index (χ2v) is 9.01. The van der Waals surface area contributed by atoms with Crippen molar-refractivity contribution in [2.24, 2.45) is 0 Å². The number of ether oxygens (including phenoxy) is 3. The molecule has 2 heterocycles. The van der Waals surface area contributed by atoms with Crippen LogP contribution in [0.4, 0.5) is 5.69 Å². The molecule has 1 amide bonds. The van der Waals surface area contributed by atoms with Gasteiger partial charge in [0.15, 0.2) is 17.6 Å². The smallest absolute Gasteiger partial charge is 0.261 e. The third kappa shape index (κ3) is 4.09. The molecule has 2 aliphatic heterocycles. The molecular formula is C20H22N2O6S. The number of benzene rings is 2. The summed E-state index contributed by atoms with van der Waals surface area (Å²) in [6.45, 7) is 2.53. The van der Waals surface area contributed by atoms with Crippen LogP contribution in [0.1, 0.15) is 17.5 Å². The van der Waals surface area contributed by atoms with Crippen molar-refractivity contribution in [1.82, 2.24) is 5.32 Å². The number of sulfonamides is 1. The molecule has 0 bridgehead atoms. The van der Waals surface area contributed by atoms with Gasteiger partial charge in [-0.1, -0.05) is 12.1 Å². The summed E-state index contributed by atoms with van der Waals surface area (Å²) in [5, 5.41) is 2.86. The van der Waals surface area contributed by atoms with Gasteiger partial charge in [-0.2, -0.15) is 0 Å². The Morgan fingerprint density at radius 1 is 1.14 bits per heavy atom. The van der Waals surface area contributed by atoms with Crippen LogP contribution < -0.4 is 23.8 Å². The van der Waals surface area contributed by atoms with Crippen molar-refractivity contribution in [2.45, 2.75) is 26.0 Å². The number of hydrogen-bond donors (Lipinski definition) is 1. The topological polar surface area (TPSA) is 94.2 Å². The Morgan fingerprint density at radius 3 is 2.69 bits per heavy atom. The van der Waals surface area contributed by atoms with Crippen LogP contribution in [0, 0.1) is 6.92 Å². The highest BCUT2D eigenvalue weighted by Crippen LogP contribution is 2.35. The number of nitrogens with zero attached hydrogens (tertiary/aromatic N) is 1. The van der Waals surface area contributed by atoms with Crippen LogP contribution >= 0.6 is 0 Å². The number of nitrogens with one attached hydrogen (secondary N) is 1. The quantitative estimate of drug-likeness (QED) is 0.816. The average Bonchev–Trinajstić information content (AvgIpc) is 3.04. The predicted molar refractivity (Wildman–Crippen MR) is 107 cm³/mol. The maximum Gasteiger partial charge on any atom is 0.261 e. The van der Waals surface area contributed by atoms with E-state index in [2.05, 4.69) is 5.32 Å². The molecule has 0 radical (unpaired) electrons. The number of carbonyl (C=O) groups excluding carboxylic acids is 1. The van der Waals surface area contributed by atoms with Crippen molar-refractivity contribution in [2.75, 3.05) is 23.9 Å². The van der Waals surface area contributed by atoms with Gasteiger partial charge in [-0.25, -0.2) is 8.42 Å². The molecule has 29 heavy (non-hydrogen) atoms. The molecule has 9 heteroatoms. The fourth-order valence-electron chi connectivity index (χ4n) is 3.37. The van der Waals surface area contributed by atoms with Crippen molar-refractivity contribution >= 4 is 21.6 Å². The van der Waals surface area contributed by atoms with E-state index in [1.54, 1.807) is 18.2 Å². The predicted octanol–water partition coefficient (Wildman–Crippen LogP) is 1.96. The molecule has 1 N–H and O–H groups in total. The van der Waals surface area contributed by atoms with Crippen LogP contribution in [0.5, 0.6) is 17.2 Å². The SMILES string of the molecule is Cc1ccc2c(c1)N(S(C)(=O)=O)CC[C@@H](C(=O)NCc1ccc3c(c1)OCO3)O2. The molecule has 2 aromatic rings. The first kappa shape index (κ1) is 19.4. The van der Waals surface area contributed by atoms with Crippen molar-refractivity contribution in [1.29, 1.82) is 0 Å². The van der Waals surface area contributed by atoms with E-state index in [4.69, 9.17) is 14.2 Å². The Hall–Kier alpha value is -2.94. The van der Waals surface area contributed by atoms with E-state index in [0.717, 1.165) is 17.4 Å². The molecular weight excluding hydrogens is 396 g/mol. The first-order valence-corrected chi connectivity index (χ1v) is 11.1. The molecule has 0 saturated heterocycles. The van der Waals surface area contributed by atoms with Crippen molar-refractivity contribution in [3.63, 3.8) is 0 Å². The summed E-state index contributed by atoms with van der Waals surface area (Å²) in [5.41, 5.74) is 2.23. The second kappa shape index (κ2) is 7.47. The van der Waals surface area contributed by atoms with Crippen molar-refractivity contribution in [3.05, 3.63) is 47.5 Å². The molecule has 8 nitrogen and oxygen atoms in total. The molecule has 0 unspecified atom stereocenters. The van der Waals surface area contributed by atoms with Gasteiger partial charge in [-0.15, -0.1) is 0 Å². The zero-order valence-corrected chi connectivity index (χ0v) is 17.0. The third-order valence-corrected chi connectivity index (χ3v) is 6.02. The number of carbonyl (C=O) groups is 1. The van der Waals surface area contributed by atoms with Gasteiger partial charge >= 0.3 is 0 Å². The van der Waals surface area contributed by atoms with E-state index in [-0.39, 0.29) is 25.7 Å². The lowest BCUT2D eigenvalue weighted by Gasteiger charge is -2.21. The third-order valence-electron chi connectivity index (χ3n) is 4.84. The summed E-state index contributed by atoms with van der Waals surface area (Å²) in [4.78, 5) is 12.7. The van der Waals surface area contributed by atoms with E-state index >= 15 is 0 Å². The number of anilines is 1. The fourth-order valence-corrected chi connectivity index (χ4v) is 4.31. The van der Waals surface area contributed by atoms with E-state index < -0.39 is 16.1 Å². The maximum atomic E-state index is 12.7. The van der Waals surface area contributed by atoms with Crippen LogP contribution in [-0.2, 0) is 21.4 Å². The van der Waals surface area contributed by atoms with Crippen LogP contribution in [0.15, 0.2) is 36.4 Å². The minimum absolute atomic E-state index is 0.164. The molecule has 4 rings (SSSR count). The van der Waals surface area contributed by atoms with Crippen LogP contribution in [-0.4, -0.2) is 40.0 Å². The van der Waals surface area contributed by atoms with Crippen LogP contribution in [0.3, 0.4) is 0 Å². The van der Waals surface area contributed by atoms with Gasteiger partial charge in [0, 0.05) is 19.5 Å². The van der Waals surface area contributed by atoms with Gasteiger partial charge in [0.25, 0.3) is 5.91 Å². The fraction of sp³-hybridized carbons (Fsp3) is 0.350. The van der Waals surface area contributed by atoms with E-state index in [1.165, 1.54) is 4.31 Å². The molecule has 0 aliphatic carbocycles. The van der Waals surface area contributed by atoms with Crippen molar-refractivity contribution < 1.29 is 27.4 Å². The number of rotatable bonds is 4. The summed E-state index contributed by atoms with van der Waals surface area (Å²) in [5.74, 6) is 1.40. The number of fused-ring (bicyclic) bond motifs is 2. The van der Waals surface area contributed by atoms with Gasteiger partial charge in [-0.3, -0.25) is 9.10 Å². The van der Waals surface area contributed by atoms with E-state index in [0.29, 0.717) is 29.5 Å². The van der Waals surface area contributed by atoms with Crippen LogP contribution in [0.25, 0.3) is 0 Å². The Morgan fingerprint density at radius 2 is 1.90 bits per heavy atom. The summed E-state index contributed by atoms with van der Waals surface area (Å²) >= 11 is 0. The maximum absolute atomic E-state index is 12.7. The number of aryl methyl sites for hydroxylation is 1. The summed E-state index contributed by atoms with van der Waals surface area (Å²) in [7, 11) is -3.49. The number of hydrogen-bond acceptors (Lipinski definition) is 6. The standard InChI is InChI=1S/C20H22N2O6S/c1-13-3-5-16-15(9-13)22(29(2,24)25)8-7-18(28-16)20(23)21-11-14-4-6-17-19(10-14)27-12-26-17/h3-6,9-10,18H,7-8,11-12H2,1-2H3,(H,21,23)/t18-/m0/s1. The van der Waals surface area contributed by atoms with Gasteiger partial charge in [0.2, 0.25) is 16.8 Å². The Balaban J connectivity index is 1.49. The Kier molecular flexibility index (Phi) is 4.99. The monoisotopic (exact) mass is 418 g/mol. The first-order chi connectivity index (χ1) is 13.8. The van der Waals surface area contributed by atoms with Crippen LogP contribution in [0.2, 0.25) is 0 Å². The summed E-state index contributed by atoms with van der Waals surface area (Å²) in [6, 6.07) is 10.8. The molecule has 1 atom stereocenters. The average molecular weight is 418 g/mol. The number of amides is 1. The van der Waals surface area contributed by atoms with Gasteiger partial charge in [0.05, 0.1) is 11.9 Å². The molecule has 0 spiro atoms.